The summed E-state index contributed by atoms with van der Waals surface area (Å²) in [6, 6.07) is 10.3. The van der Waals surface area contributed by atoms with Gasteiger partial charge in [0.25, 0.3) is 0 Å². The van der Waals surface area contributed by atoms with Gasteiger partial charge in [-0.2, -0.15) is 4.98 Å². The first-order chi connectivity index (χ1) is 10.3. The second-order valence-electron chi connectivity index (χ2n) is 5.21. The normalized spacial score (nSPS) is 15.0. The van der Waals surface area contributed by atoms with Crippen LogP contribution in [0.4, 0.5) is 5.82 Å². The fourth-order valence-electron chi connectivity index (χ4n) is 2.83. The van der Waals surface area contributed by atoms with Crippen molar-refractivity contribution in [2.75, 3.05) is 18.0 Å². The third-order valence-electron chi connectivity index (χ3n) is 3.89. The van der Waals surface area contributed by atoms with E-state index in [1.807, 2.05) is 18.2 Å². The van der Waals surface area contributed by atoms with E-state index in [0.29, 0.717) is 5.71 Å². The largest absolute Gasteiger partial charge is 0.425 e. The van der Waals surface area contributed by atoms with E-state index in [4.69, 9.17) is 4.42 Å². The standard InChI is InChI=1S/C16H14BrN3O/c17-13-6-2-1-5-11(13)12-9-14(20-7-3-4-8-20)19-16-15(12)18-10-21-16/h1-2,5-6,9-10H,3-4,7-8H2. The summed E-state index contributed by atoms with van der Waals surface area (Å²) < 4.78 is 6.50. The van der Waals surface area contributed by atoms with Gasteiger partial charge in [0.05, 0.1) is 0 Å². The van der Waals surface area contributed by atoms with Gasteiger partial charge in [0, 0.05) is 23.1 Å². The molecule has 1 saturated heterocycles. The highest BCUT2D eigenvalue weighted by Gasteiger charge is 2.19. The van der Waals surface area contributed by atoms with Crippen molar-refractivity contribution in [3.05, 3.63) is 41.2 Å². The molecule has 1 aliphatic rings. The molecule has 0 amide bonds. The molecule has 0 saturated carbocycles. The van der Waals surface area contributed by atoms with Crippen molar-refractivity contribution in [3.8, 4) is 11.1 Å². The van der Waals surface area contributed by atoms with E-state index in [1.54, 1.807) is 0 Å². The Balaban J connectivity index is 1.94. The third-order valence-corrected chi connectivity index (χ3v) is 4.58. The molecule has 1 aromatic carbocycles. The first-order valence-corrected chi connectivity index (χ1v) is 7.86. The minimum Gasteiger partial charge on any atom is -0.425 e. The molecule has 106 valence electrons. The van der Waals surface area contributed by atoms with Gasteiger partial charge >= 0.3 is 0 Å². The number of oxazole rings is 1. The van der Waals surface area contributed by atoms with Crippen LogP contribution in [0.15, 0.2) is 45.6 Å². The second kappa shape index (κ2) is 5.15. The first-order valence-electron chi connectivity index (χ1n) is 7.07. The Hall–Kier alpha value is -1.88. The molecule has 3 heterocycles. The monoisotopic (exact) mass is 343 g/mol. The number of fused-ring (bicyclic) bond motifs is 1. The van der Waals surface area contributed by atoms with Crippen molar-refractivity contribution >= 4 is 33.0 Å². The summed E-state index contributed by atoms with van der Waals surface area (Å²) in [4.78, 5) is 11.3. The topological polar surface area (TPSA) is 42.2 Å². The van der Waals surface area contributed by atoms with Crippen molar-refractivity contribution in [3.63, 3.8) is 0 Å². The Morgan fingerprint density at radius 1 is 1.10 bits per heavy atom. The average molecular weight is 344 g/mol. The van der Waals surface area contributed by atoms with Gasteiger partial charge in [-0.05, 0) is 30.5 Å². The molecule has 5 heteroatoms. The lowest BCUT2D eigenvalue weighted by atomic mass is 10.1. The van der Waals surface area contributed by atoms with Gasteiger partial charge in [0.15, 0.2) is 6.39 Å². The van der Waals surface area contributed by atoms with Crippen LogP contribution in [0, 0.1) is 0 Å². The fourth-order valence-corrected chi connectivity index (χ4v) is 3.33. The summed E-state index contributed by atoms with van der Waals surface area (Å²) in [5.41, 5.74) is 3.58. The maximum atomic E-state index is 5.46. The Bertz CT molecular complexity index is 793. The maximum absolute atomic E-state index is 5.46. The first kappa shape index (κ1) is 12.8. The number of benzene rings is 1. The number of anilines is 1. The predicted molar refractivity (Wildman–Crippen MR) is 86.4 cm³/mol. The van der Waals surface area contributed by atoms with Crippen LogP contribution in [0.1, 0.15) is 12.8 Å². The van der Waals surface area contributed by atoms with Gasteiger partial charge in [-0.3, -0.25) is 0 Å². The Morgan fingerprint density at radius 3 is 2.71 bits per heavy atom. The molecule has 0 spiro atoms. The van der Waals surface area contributed by atoms with E-state index in [0.717, 1.165) is 40.0 Å². The number of halogens is 1. The minimum absolute atomic E-state index is 0.602. The quantitative estimate of drug-likeness (QED) is 0.697. The van der Waals surface area contributed by atoms with Crippen LogP contribution in [0.2, 0.25) is 0 Å². The lowest BCUT2D eigenvalue weighted by molar-refractivity contribution is 0.590. The molecular weight excluding hydrogens is 330 g/mol. The molecule has 0 radical (unpaired) electrons. The number of aromatic nitrogens is 2. The number of pyridine rings is 1. The van der Waals surface area contributed by atoms with Crippen LogP contribution in [0.5, 0.6) is 0 Å². The molecular formula is C16H14BrN3O. The molecule has 1 fully saturated rings. The average Bonchev–Trinajstić information content (AvgIpc) is 3.18. The predicted octanol–water partition coefficient (Wildman–Crippen LogP) is 4.25. The molecule has 0 aliphatic carbocycles. The summed E-state index contributed by atoms with van der Waals surface area (Å²) in [5, 5.41) is 0. The minimum atomic E-state index is 0.602. The fraction of sp³-hybridized carbons (Fsp3) is 0.250. The molecule has 21 heavy (non-hydrogen) atoms. The Labute approximate surface area is 130 Å². The zero-order chi connectivity index (χ0) is 14.2. The van der Waals surface area contributed by atoms with Crippen LogP contribution in [0.3, 0.4) is 0 Å². The van der Waals surface area contributed by atoms with Crippen molar-refractivity contribution in [1.82, 2.24) is 9.97 Å². The van der Waals surface area contributed by atoms with Gasteiger partial charge in [-0.1, -0.05) is 34.1 Å². The molecule has 4 rings (SSSR count). The maximum Gasteiger partial charge on any atom is 0.249 e. The number of nitrogens with zero attached hydrogens (tertiary/aromatic N) is 3. The molecule has 3 aromatic rings. The van der Waals surface area contributed by atoms with E-state index < -0.39 is 0 Å². The zero-order valence-corrected chi connectivity index (χ0v) is 13.0. The van der Waals surface area contributed by atoms with Crippen molar-refractivity contribution in [1.29, 1.82) is 0 Å². The molecule has 2 aromatic heterocycles. The highest BCUT2D eigenvalue weighted by Crippen LogP contribution is 2.35. The molecule has 0 atom stereocenters. The molecule has 0 unspecified atom stereocenters. The second-order valence-corrected chi connectivity index (χ2v) is 6.06. The van der Waals surface area contributed by atoms with Crippen LogP contribution < -0.4 is 4.90 Å². The number of hydrogen-bond acceptors (Lipinski definition) is 4. The molecule has 4 nitrogen and oxygen atoms in total. The van der Waals surface area contributed by atoms with Crippen LogP contribution in [0.25, 0.3) is 22.4 Å². The van der Waals surface area contributed by atoms with Gasteiger partial charge in [0.1, 0.15) is 11.3 Å². The highest BCUT2D eigenvalue weighted by atomic mass is 79.9. The summed E-state index contributed by atoms with van der Waals surface area (Å²) in [7, 11) is 0. The van der Waals surface area contributed by atoms with E-state index in [2.05, 4.69) is 42.9 Å². The Morgan fingerprint density at radius 2 is 1.90 bits per heavy atom. The van der Waals surface area contributed by atoms with E-state index in [-0.39, 0.29) is 0 Å². The van der Waals surface area contributed by atoms with Crippen molar-refractivity contribution in [2.24, 2.45) is 0 Å². The van der Waals surface area contributed by atoms with Crippen molar-refractivity contribution in [2.45, 2.75) is 12.8 Å². The smallest absolute Gasteiger partial charge is 0.249 e. The Kier molecular flexibility index (Phi) is 3.15. The van der Waals surface area contributed by atoms with Crippen LogP contribution >= 0.6 is 15.9 Å². The van der Waals surface area contributed by atoms with E-state index in [9.17, 15) is 0 Å². The molecule has 0 N–H and O–H groups in total. The molecule has 0 bridgehead atoms. The highest BCUT2D eigenvalue weighted by molar-refractivity contribution is 9.10. The molecule has 1 aliphatic heterocycles. The summed E-state index contributed by atoms with van der Waals surface area (Å²) in [6.07, 6.45) is 3.91. The summed E-state index contributed by atoms with van der Waals surface area (Å²) in [6.45, 7) is 2.12. The number of hydrogen-bond donors (Lipinski definition) is 0. The van der Waals surface area contributed by atoms with Crippen LogP contribution in [-0.2, 0) is 0 Å². The van der Waals surface area contributed by atoms with E-state index in [1.165, 1.54) is 19.2 Å². The third kappa shape index (κ3) is 2.21. The number of rotatable bonds is 2. The van der Waals surface area contributed by atoms with Gasteiger partial charge in [-0.15, -0.1) is 0 Å². The van der Waals surface area contributed by atoms with E-state index >= 15 is 0 Å². The SMILES string of the molecule is Brc1ccccc1-c1cc(N2CCCC2)nc2ocnc12. The lowest BCUT2D eigenvalue weighted by Crippen LogP contribution is -2.18. The van der Waals surface area contributed by atoms with Gasteiger partial charge in [0.2, 0.25) is 5.71 Å². The summed E-state index contributed by atoms with van der Waals surface area (Å²) >= 11 is 3.62. The van der Waals surface area contributed by atoms with Gasteiger partial charge < -0.3 is 9.32 Å². The van der Waals surface area contributed by atoms with Crippen molar-refractivity contribution < 1.29 is 4.42 Å². The lowest BCUT2D eigenvalue weighted by Gasteiger charge is -2.17. The summed E-state index contributed by atoms with van der Waals surface area (Å²) in [5.74, 6) is 0.975. The zero-order valence-electron chi connectivity index (χ0n) is 11.4. The van der Waals surface area contributed by atoms with Gasteiger partial charge in [-0.25, -0.2) is 4.98 Å². The van der Waals surface area contributed by atoms with Crippen LogP contribution in [-0.4, -0.2) is 23.1 Å².